The van der Waals surface area contributed by atoms with Gasteiger partial charge in [0.05, 0.1) is 5.60 Å². The van der Waals surface area contributed by atoms with Gasteiger partial charge >= 0.3 is 5.63 Å². The maximum atomic E-state index is 11.6. The largest absolute Gasteiger partial charge is 0.422 e. The van der Waals surface area contributed by atoms with E-state index in [1.807, 2.05) is 30.3 Å². The zero-order chi connectivity index (χ0) is 13.3. The van der Waals surface area contributed by atoms with Gasteiger partial charge < -0.3 is 9.52 Å². The molecule has 1 heterocycles. The zero-order valence-corrected chi connectivity index (χ0v) is 10.7. The molecule has 1 aromatic heterocycles. The molecule has 3 nitrogen and oxygen atoms in total. The van der Waals surface area contributed by atoms with Crippen LogP contribution in [0.4, 0.5) is 0 Å². The minimum Gasteiger partial charge on any atom is -0.422 e. The molecule has 94 valence electrons. The first-order chi connectivity index (χ1) is 8.39. The third-order valence-corrected chi connectivity index (χ3v) is 2.82. The average molecular weight is 244 g/mol. The van der Waals surface area contributed by atoms with Gasteiger partial charge in [-0.1, -0.05) is 30.3 Å². The van der Waals surface area contributed by atoms with Crippen LogP contribution in [0.25, 0.3) is 11.3 Å². The summed E-state index contributed by atoms with van der Waals surface area (Å²) in [5, 5.41) is 10.2. The van der Waals surface area contributed by atoms with E-state index in [0.29, 0.717) is 16.9 Å². The van der Waals surface area contributed by atoms with Gasteiger partial charge in [0.25, 0.3) is 0 Å². The highest BCUT2D eigenvalue weighted by molar-refractivity contribution is 5.62. The number of aliphatic hydroxyl groups is 1. The first-order valence-corrected chi connectivity index (χ1v) is 5.82. The molecule has 18 heavy (non-hydrogen) atoms. The molecule has 1 aromatic carbocycles. The lowest BCUT2D eigenvalue weighted by atomic mass is 9.93. The Balaban J connectivity index is 2.74. The quantitative estimate of drug-likeness (QED) is 0.883. The second-order valence-corrected chi connectivity index (χ2v) is 4.88. The van der Waals surface area contributed by atoms with Gasteiger partial charge in [0.15, 0.2) is 0 Å². The average Bonchev–Trinajstić information content (AvgIpc) is 2.32. The summed E-state index contributed by atoms with van der Waals surface area (Å²) in [5.74, 6) is 0.429. The van der Waals surface area contributed by atoms with Crippen molar-refractivity contribution in [2.75, 3.05) is 0 Å². The Bertz CT molecular complexity index is 604. The molecule has 0 aliphatic carbocycles. The Morgan fingerprint density at radius 3 is 2.33 bits per heavy atom. The van der Waals surface area contributed by atoms with Gasteiger partial charge in [-0.05, 0) is 26.8 Å². The third-order valence-electron chi connectivity index (χ3n) is 2.82. The van der Waals surface area contributed by atoms with Gasteiger partial charge in [-0.25, -0.2) is 4.79 Å². The summed E-state index contributed by atoms with van der Waals surface area (Å²) in [6, 6.07) is 11.0. The molecule has 0 saturated heterocycles. The minimum atomic E-state index is -1.06. The van der Waals surface area contributed by atoms with Crippen molar-refractivity contribution in [3.05, 3.63) is 57.9 Å². The van der Waals surface area contributed by atoms with Crippen LogP contribution < -0.4 is 5.63 Å². The van der Waals surface area contributed by atoms with Gasteiger partial charge in [0.2, 0.25) is 0 Å². The molecule has 0 bridgehead atoms. The van der Waals surface area contributed by atoms with Crippen LogP contribution in [0, 0.1) is 6.92 Å². The van der Waals surface area contributed by atoms with Crippen LogP contribution in [0.3, 0.4) is 0 Å². The van der Waals surface area contributed by atoms with E-state index in [1.165, 1.54) is 0 Å². The zero-order valence-electron chi connectivity index (χ0n) is 10.7. The van der Waals surface area contributed by atoms with Crippen molar-refractivity contribution in [3.63, 3.8) is 0 Å². The maximum Gasteiger partial charge on any atom is 0.339 e. The van der Waals surface area contributed by atoms with Crippen LogP contribution in [0.15, 0.2) is 45.6 Å². The second-order valence-electron chi connectivity index (χ2n) is 4.88. The molecule has 0 amide bonds. The molecule has 0 saturated carbocycles. The van der Waals surface area contributed by atoms with E-state index < -0.39 is 5.60 Å². The fourth-order valence-corrected chi connectivity index (χ4v) is 1.83. The fourth-order valence-electron chi connectivity index (χ4n) is 1.83. The van der Waals surface area contributed by atoms with Crippen LogP contribution in [0.2, 0.25) is 0 Å². The summed E-state index contributed by atoms with van der Waals surface area (Å²) < 4.78 is 5.34. The lowest BCUT2D eigenvalue weighted by Crippen LogP contribution is -2.19. The molecule has 0 aliphatic rings. The SMILES string of the molecule is Cc1cc(C(C)(C)O)c(-c2ccccc2)oc1=O. The Kier molecular flexibility index (Phi) is 3.09. The summed E-state index contributed by atoms with van der Waals surface area (Å²) in [7, 11) is 0. The summed E-state index contributed by atoms with van der Waals surface area (Å²) in [6.45, 7) is 5.03. The Hall–Kier alpha value is -1.87. The normalized spacial score (nSPS) is 11.6. The summed E-state index contributed by atoms with van der Waals surface area (Å²) in [5.41, 5.74) is 0.457. The van der Waals surface area contributed by atoms with Crippen LogP contribution in [-0.4, -0.2) is 5.11 Å². The highest BCUT2D eigenvalue weighted by Crippen LogP contribution is 2.30. The second kappa shape index (κ2) is 4.42. The molecule has 2 rings (SSSR count). The molecule has 0 atom stereocenters. The van der Waals surface area contributed by atoms with Crippen molar-refractivity contribution in [1.29, 1.82) is 0 Å². The van der Waals surface area contributed by atoms with Crippen LogP contribution in [0.1, 0.15) is 25.0 Å². The van der Waals surface area contributed by atoms with Crippen LogP contribution in [-0.2, 0) is 5.60 Å². The Labute approximate surface area is 106 Å². The van der Waals surface area contributed by atoms with E-state index in [4.69, 9.17) is 4.42 Å². The molecule has 3 heteroatoms. The predicted molar refractivity (Wildman–Crippen MR) is 70.4 cm³/mol. The molecule has 0 fully saturated rings. The Morgan fingerprint density at radius 2 is 1.78 bits per heavy atom. The molecular weight excluding hydrogens is 228 g/mol. The van der Waals surface area contributed by atoms with Gasteiger partial charge in [0.1, 0.15) is 5.76 Å². The standard InChI is InChI=1S/C15H16O3/c1-10-9-12(15(2,3)17)13(18-14(10)16)11-7-5-4-6-8-11/h4-9,17H,1-3H3. The molecule has 2 aromatic rings. The van der Waals surface area contributed by atoms with Gasteiger partial charge in [0, 0.05) is 16.7 Å². The lowest BCUT2D eigenvalue weighted by molar-refractivity contribution is 0.0771. The highest BCUT2D eigenvalue weighted by atomic mass is 16.4. The van der Waals surface area contributed by atoms with Crippen molar-refractivity contribution in [2.45, 2.75) is 26.4 Å². The lowest BCUT2D eigenvalue weighted by Gasteiger charge is -2.20. The van der Waals surface area contributed by atoms with Crippen LogP contribution >= 0.6 is 0 Å². The summed E-state index contributed by atoms with van der Waals surface area (Å²) in [6.07, 6.45) is 0. The molecule has 0 unspecified atom stereocenters. The van der Waals surface area contributed by atoms with Gasteiger partial charge in [-0.15, -0.1) is 0 Å². The maximum absolute atomic E-state index is 11.6. The van der Waals surface area contributed by atoms with Crippen LogP contribution in [0.5, 0.6) is 0 Å². The highest BCUT2D eigenvalue weighted by Gasteiger charge is 2.24. The van der Waals surface area contributed by atoms with E-state index in [0.717, 1.165) is 5.56 Å². The molecule has 1 N–H and O–H groups in total. The van der Waals surface area contributed by atoms with E-state index in [9.17, 15) is 9.90 Å². The monoisotopic (exact) mass is 244 g/mol. The molecular formula is C15H16O3. The third kappa shape index (κ3) is 2.36. The van der Waals surface area contributed by atoms with E-state index in [1.54, 1.807) is 26.8 Å². The van der Waals surface area contributed by atoms with Crippen molar-refractivity contribution in [3.8, 4) is 11.3 Å². The number of aryl methyl sites for hydroxylation is 1. The fraction of sp³-hybridized carbons (Fsp3) is 0.267. The van der Waals surface area contributed by atoms with E-state index in [2.05, 4.69) is 0 Å². The number of hydrogen-bond acceptors (Lipinski definition) is 3. The van der Waals surface area contributed by atoms with E-state index >= 15 is 0 Å². The number of hydrogen-bond donors (Lipinski definition) is 1. The first kappa shape index (κ1) is 12.6. The minimum absolute atomic E-state index is 0.373. The molecule has 0 spiro atoms. The van der Waals surface area contributed by atoms with Crippen molar-refractivity contribution in [2.24, 2.45) is 0 Å². The van der Waals surface area contributed by atoms with Crippen molar-refractivity contribution < 1.29 is 9.52 Å². The van der Waals surface area contributed by atoms with E-state index in [-0.39, 0.29) is 5.63 Å². The number of rotatable bonds is 2. The topological polar surface area (TPSA) is 50.4 Å². The first-order valence-electron chi connectivity index (χ1n) is 5.82. The molecule has 0 radical (unpaired) electrons. The van der Waals surface area contributed by atoms with Crippen molar-refractivity contribution in [1.82, 2.24) is 0 Å². The summed E-state index contributed by atoms with van der Waals surface area (Å²) >= 11 is 0. The van der Waals surface area contributed by atoms with Gasteiger partial charge in [-0.2, -0.15) is 0 Å². The Morgan fingerprint density at radius 1 is 1.17 bits per heavy atom. The molecule has 0 aliphatic heterocycles. The predicted octanol–water partition coefficient (Wildman–Crippen LogP) is 2.84. The smallest absolute Gasteiger partial charge is 0.339 e. The summed E-state index contributed by atoms with van der Waals surface area (Å²) in [4.78, 5) is 11.6. The van der Waals surface area contributed by atoms with Gasteiger partial charge in [-0.3, -0.25) is 0 Å². The number of benzene rings is 1. The van der Waals surface area contributed by atoms with Crippen molar-refractivity contribution >= 4 is 0 Å².